The van der Waals surface area contributed by atoms with Gasteiger partial charge in [-0.05, 0) is 50.7 Å². The molecule has 5 nitrogen and oxygen atoms in total. The molecule has 1 N–H and O–H groups in total. The van der Waals surface area contributed by atoms with E-state index in [0.29, 0.717) is 18.7 Å². The Balaban J connectivity index is 1.47. The monoisotopic (exact) mass is 313 g/mol. The van der Waals surface area contributed by atoms with Crippen molar-refractivity contribution in [1.29, 1.82) is 0 Å². The fraction of sp³-hybridized carbons (Fsp3) is 0.500. The highest BCUT2D eigenvalue weighted by atomic mass is 16.2. The lowest BCUT2D eigenvalue weighted by molar-refractivity contribution is -0.117. The molecule has 1 aromatic rings. The number of carbonyl (C=O) groups excluding carboxylic acids is 2. The van der Waals surface area contributed by atoms with Crippen molar-refractivity contribution in [3.8, 4) is 0 Å². The van der Waals surface area contributed by atoms with Gasteiger partial charge in [0.25, 0.3) is 5.91 Å². The number of hydrogen-bond donors (Lipinski definition) is 1. The van der Waals surface area contributed by atoms with Gasteiger partial charge in [0.2, 0.25) is 5.91 Å². The summed E-state index contributed by atoms with van der Waals surface area (Å²) in [5.74, 6) is 0.0508. The molecule has 1 saturated carbocycles. The van der Waals surface area contributed by atoms with Gasteiger partial charge < -0.3 is 10.2 Å². The van der Waals surface area contributed by atoms with Crippen molar-refractivity contribution in [2.24, 2.45) is 0 Å². The zero-order valence-corrected chi connectivity index (χ0v) is 13.3. The highest BCUT2D eigenvalue weighted by molar-refractivity contribution is 5.94. The predicted molar refractivity (Wildman–Crippen MR) is 87.9 cm³/mol. The van der Waals surface area contributed by atoms with Gasteiger partial charge in [-0.25, -0.2) is 0 Å². The molecule has 1 aliphatic carbocycles. The molecule has 1 saturated heterocycles. The number of allylic oxidation sites excluding steroid dienone is 1. The largest absolute Gasteiger partial charge is 0.350 e. The summed E-state index contributed by atoms with van der Waals surface area (Å²) in [5, 5.41) is 3.08. The summed E-state index contributed by atoms with van der Waals surface area (Å²) < 4.78 is 0. The second kappa shape index (κ2) is 7.40. The molecule has 3 rings (SSSR count). The van der Waals surface area contributed by atoms with E-state index >= 15 is 0 Å². The zero-order chi connectivity index (χ0) is 16.1. The van der Waals surface area contributed by atoms with Crippen LogP contribution in [0.4, 0.5) is 0 Å². The minimum absolute atomic E-state index is 0.0240. The molecule has 0 unspecified atom stereocenters. The summed E-state index contributed by atoms with van der Waals surface area (Å²) in [4.78, 5) is 30.2. The number of aromatic nitrogens is 1. The van der Waals surface area contributed by atoms with E-state index in [1.54, 1.807) is 30.6 Å². The summed E-state index contributed by atoms with van der Waals surface area (Å²) in [6.45, 7) is 1.35. The molecular weight excluding hydrogens is 290 g/mol. The Hall–Kier alpha value is -2.17. The molecule has 2 fully saturated rings. The van der Waals surface area contributed by atoms with Crippen molar-refractivity contribution in [2.45, 2.75) is 44.6 Å². The molecule has 1 aliphatic heterocycles. The van der Waals surface area contributed by atoms with E-state index in [0.717, 1.165) is 25.7 Å². The van der Waals surface area contributed by atoms with Crippen LogP contribution in [-0.4, -0.2) is 40.8 Å². The van der Waals surface area contributed by atoms with Gasteiger partial charge >= 0.3 is 0 Å². The van der Waals surface area contributed by atoms with Crippen LogP contribution in [0.25, 0.3) is 0 Å². The molecule has 2 amide bonds. The van der Waals surface area contributed by atoms with Crippen LogP contribution in [0.3, 0.4) is 0 Å². The van der Waals surface area contributed by atoms with Crippen LogP contribution >= 0.6 is 0 Å². The Labute approximate surface area is 136 Å². The topological polar surface area (TPSA) is 62.3 Å². The molecule has 5 heteroatoms. The SMILES string of the molecule is O=C(C=C1CCCC1)NC1CCN(C(=O)c2cccnc2)CC1. The second-order valence-electron chi connectivity index (χ2n) is 6.33. The van der Waals surface area contributed by atoms with Crippen LogP contribution < -0.4 is 5.32 Å². The summed E-state index contributed by atoms with van der Waals surface area (Å²) in [6.07, 6.45) is 11.2. The van der Waals surface area contributed by atoms with Crippen molar-refractivity contribution in [1.82, 2.24) is 15.2 Å². The number of amides is 2. The average Bonchev–Trinajstić information content (AvgIpc) is 3.08. The van der Waals surface area contributed by atoms with Crippen molar-refractivity contribution in [3.63, 3.8) is 0 Å². The van der Waals surface area contributed by atoms with Crippen molar-refractivity contribution in [3.05, 3.63) is 41.7 Å². The molecule has 0 radical (unpaired) electrons. The van der Waals surface area contributed by atoms with Gasteiger partial charge in [0, 0.05) is 37.6 Å². The maximum atomic E-state index is 12.3. The first-order chi connectivity index (χ1) is 11.2. The van der Waals surface area contributed by atoms with Crippen LogP contribution in [0, 0.1) is 0 Å². The van der Waals surface area contributed by atoms with Gasteiger partial charge in [-0.2, -0.15) is 0 Å². The minimum atomic E-state index is 0.0240. The zero-order valence-electron chi connectivity index (χ0n) is 13.3. The van der Waals surface area contributed by atoms with E-state index in [9.17, 15) is 9.59 Å². The number of pyridine rings is 1. The van der Waals surface area contributed by atoms with Gasteiger partial charge in [-0.3, -0.25) is 14.6 Å². The van der Waals surface area contributed by atoms with E-state index in [4.69, 9.17) is 0 Å². The molecule has 0 bridgehead atoms. The van der Waals surface area contributed by atoms with E-state index in [1.165, 1.54) is 18.4 Å². The number of nitrogens with zero attached hydrogens (tertiary/aromatic N) is 2. The van der Waals surface area contributed by atoms with Gasteiger partial charge in [-0.15, -0.1) is 0 Å². The third-order valence-corrected chi connectivity index (χ3v) is 4.62. The van der Waals surface area contributed by atoms with Crippen molar-refractivity contribution in [2.75, 3.05) is 13.1 Å². The van der Waals surface area contributed by atoms with Gasteiger partial charge in [0.05, 0.1) is 5.56 Å². The fourth-order valence-electron chi connectivity index (χ4n) is 3.30. The number of likely N-dealkylation sites (tertiary alicyclic amines) is 1. The number of piperidine rings is 1. The molecule has 0 spiro atoms. The third-order valence-electron chi connectivity index (χ3n) is 4.62. The van der Waals surface area contributed by atoms with Gasteiger partial charge in [-0.1, -0.05) is 5.57 Å². The number of nitrogens with one attached hydrogen (secondary N) is 1. The molecule has 2 heterocycles. The van der Waals surface area contributed by atoms with E-state index in [2.05, 4.69) is 10.3 Å². The molecule has 0 aromatic carbocycles. The lowest BCUT2D eigenvalue weighted by atomic mass is 10.0. The first-order valence-corrected chi connectivity index (χ1v) is 8.41. The van der Waals surface area contributed by atoms with Crippen LogP contribution in [0.1, 0.15) is 48.9 Å². The minimum Gasteiger partial charge on any atom is -0.350 e. The van der Waals surface area contributed by atoms with Crippen molar-refractivity contribution >= 4 is 11.8 Å². The highest BCUT2D eigenvalue weighted by Gasteiger charge is 2.24. The van der Waals surface area contributed by atoms with Crippen LogP contribution in [-0.2, 0) is 4.79 Å². The number of hydrogen-bond acceptors (Lipinski definition) is 3. The highest BCUT2D eigenvalue weighted by Crippen LogP contribution is 2.23. The first-order valence-electron chi connectivity index (χ1n) is 8.41. The Morgan fingerprint density at radius 1 is 1.22 bits per heavy atom. The number of rotatable bonds is 3. The fourth-order valence-corrected chi connectivity index (χ4v) is 3.30. The molecule has 23 heavy (non-hydrogen) atoms. The van der Waals surface area contributed by atoms with Gasteiger partial charge in [0.15, 0.2) is 0 Å². The van der Waals surface area contributed by atoms with Crippen molar-refractivity contribution < 1.29 is 9.59 Å². The molecule has 0 atom stereocenters. The summed E-state index contributed by atoms with van der Waals surface area (Å²) >= 11 is 0. The predicted octanol–water partition coefficient (Wildman–Crippen LogP) is 2.30. The van der Waals surface area contributed by atoms with E-state index in [-0.39, 0.29) is 17.9 Å². The number of carbonyl (C=O) groups is 2. The van der Waals surface area contributed by atoms with Gasteiger partial charge in [0.1, 0.15) is 0 Å². The smallest absolute Gasteiger partial charge is 0.255 e. The Morgan fingerprint density at radius 3 is 2.61 bits per heavy atom. The quantitative estimate of drug-likeness (QED) is 0.871. The second-order valence-corrected chi connectivity index (χ2v) is 6.33. The van der Waals surface area contributed by atoms with Crippen LogP contribution in [0.2, 0.25) is 0 Å². The Morgan fingerprint density at radius 2 is 1.96 bits per heavy atom. The maximum Gasteiger partial charge on any atom is 0.255 e. The third kappa shape index (κ3) is 4.18. The van der Waals surface area contributed by atoms with Crippen LogP contribution in [0.5, 0.6) is 0 Å². The Kier molecular flexibility index (Phi) is 5.05. The Bertz CT molecular complexity index is 582. The molecule has 1 aromatic heterocycles. The van der Waals surface area contributed by atoms with Crippen LogP contribution in [0.15, 0.2) is 36.2 Å². The summed E-state index contributed by atoms with van der Waals surface area (Å²) in [6, 6.07) is 3.73. The molecule has 122 valence electrons. The van der Waals surface area contributed by atoms with E-state index < -0.39 is 0 Å². The standard InChI is InChI=1S/C18H23N3O2/c22-17(12-14-4-1-2-5-14)20-16-7-10-21(11-8-16)18(23)15-6-3-9-19-13-15/h3,6,9,12-13,16H,1-2,4-5,7-8,10-11H2,(H,20,22). The first kappa shape index (κ1) is 15.7. The average molecular weight is 313 g/mol. The summed E-state index contributed by atoms with van der Waals surface area (Å²) in [7, 11) is 0. The lowest BCUT2D eigenvalue weighted by Crippen LogP contribution is -2.46. The van der Waals surface area contributed by atoms with E-state index in [1.807, 2.05) is 4.90 Å². The molecular formula is C18H23N3O2. The normalized spacial score (nSPS) is 18.8. The lowest BCUT2D eigenvalue weighted by Gasteiger charge is -2.32. The molecule has 2 aliphatic rings. The summed E-state index contributed by atoms with van der Waals surface area (Å²) in [5.41, 5.74) is 1.90. The maximum absolute atomic E-state index is 12.3.